The molecule has 3 N–H and O–H groups in total. The van der Waals surface area contributed by atoms with Gasteiger partial charge >= 0.3 is 0 Å². The van der Waals surface area contributed by atoms with Crippen molar-refractivity contribution in [2.24, 2.45) is 5.73 Å². The molecular formula is C9H15N3O. The quantitative estimate of drug-likeness (QED) is 0.718. The first-order valence-corrected chi connectivity index (χ1v) is 4.76. The molecule has 0 amide bonds. The maximum Gasteiger partial charge on any atom is 0.101 e. The summed E-state index contributed by atoms with van der Waals surface area (Å²) in [6.45, 7) is 1.37. The molecule has 1 fully saturated rings. The van der Waals surface area contributed by atoms with Gasteiger partial charge in [0.15, 0.2) is 0 Å². The van der Waals surface area contributed by atoms with Crippen LogP contribution in [0.1, 0.15) is 36.8 Å². The Morgan fingerprint density at radius 2 is 2.54 bits per heavy atom. The van der Waals surface area contributed by atoms with Crippen LogP contribution in [0.5, 0.6) is 0 Å². The summed E-state index contributed by atoms with van der Waals surface area (Å²) in [5.74, 6) is 0. The third kappa shape index (κ3) is 1.89. The van der Waals surface area contributed by atoms with Gasteiger partial charge in [0.25, 0.3) is 0 Å². The van der Waals surface area contributed by atoms with Crippen molar-refractivity contribution >= 4 is 0 Å². The van der Waals surface area contributed by atoms with E-state index in [1.807, 2.05) is 6.07 Å². The van der Waals surface area contributed by atoms with Gasteiger partial charge in [-0.05, 0) is 25.3 Å². The standard InChI is InChI=1S/C9H15N3O/c10-6-7-5-8(12-11-7)9-3-1-2-4-13-9/h5,9H,1-4,6,10H2,(H,11,12). The van der Waals surface area contributed by atoms with Gasteiger partial charge in [0, 0.05) is 18.8 Å². The van der Waals surface area contributed by atoms with Crippen LogP contribution in [0.4, 0.5) is 0 Å². The number of nitrogens with two attached hydrogens (primary N) is 1. The van der Waals surface area contributed by atoms with Crippen LogP contribution in [0.2, 0.25) is 0 Å². The lowest BCUT2D eigenvalue weighted by Gasteiger charge is -2.20. The molecule has 1 aliphatic heterocycles. The molecule has 1 aliphatic rings. The van der Waals surface area contributed by atoms with Gasteiger partial charge < -0.3 is 10.5 Å². The maximum atomic E-state index is 5.60. The van der Waals surface area contributed by atoms with Crippen LogP contribution in [0, 0.1) is 0 Å². The number of nitrogens with one attached hydrogen (secondary N) is 1. The Balaban J connectivity index is 2.05. The summed E-state index contributed by atoms with van der Waals surface area (Å²) in [6, 6.07) is 2.00. The van der Waals surface area contributed by atoms with E-state index in [4.69, 9.17) is 10.5 Å². The smallest absolute Gasteiger partial charge is 0.101 e. The summed E-state index contributed by atoms with van der Waals surface area (Å²) < 4.78 is 5.60. The molecule has 0 aliphatic carbocycles. The summed E-state index contributed by atoms with van der Waals surface area (Å²) in [5, 5.41) is 7.08. The lowest BCUT2D eigenvalue weighted by atomic mass is 10.1. The van der Waals surface area contributed by atoms with E-state index >= 15 is 0 Å². The molecule has 1 aromatic heterocycles. The van der Waals surface area contributed by atoms with Gasteiger partial charge in [0.05, 0.1) is 5.69 Å². The van der Waals surface area contributed by atoms with Crippen LogP contribution in [0.3, 0.4) is 0 Å². The molecule has 0 aromatic carbocycles. The Hall–Kier alpha value is -0.870. The van der Waals surface area contributed by atoms with Crippen LogP contribution in [0.25, 0.3) is 0 Å². The molecule has 1 unspecified atom stereocenters. The molecule has 2 heterocycles. The lowest BCUT2D eigenvalue weighted by molar-refractivity contribution is 0.0123. The van der Waals surface area contributed by atoms with Gasteiger partial charge in [-0.2, -0.15) is 5.10 Å². The molecule has 0 bridgehead atoms. The zero-order valence-electron chi connectivity index (χ0n) is 7.62. The van der Waals surface area contributed by atoms with Gasteiger partial charge in [-0.15, -0.1) is 0 Å². The largest absolute Gasteiger partial charge is 0.372 e. The van der Waals surface area contributed by atoms with Crippen molar-refractivity contribution in [2.75, 3.05) is 6.61 Å². The summed E-state index contributed by atoms with van der Waals surface area (Å²) in [4.78, 5) is 0. The number of aromatic amines is 1. The highest BCUT2D eigenvalue weighted by Crippen LogP contribution is 2.26. The Morgan fingerprint density at radius 1 is 1.62 bits per heavy atom. The summed E-state index contributed by atoms with van der Waals surface area (Å²) in [5.41, 5.74) is 7.46. The first-order valence-electron chi connectivity index (χ1n) is 4.76. The molecule has 1 atom stereocenters. The van der Waals surface area contributed by atoms with Gasteiger partial charge in [-0.3, -0.25) is 5.10 Å². The lowest BCUT2D eigenvalue weighted by Crippen LogP contribution is -2.11. The van der Waals surface area contributed by atoms with Crippen molar-refractivity contribution in [3.8, 4) is 0 Å². The number of rotatable bonds is 2. The Morgan fingerprint density at radius 3 is 3.15 bits per heavy atom. The van der Waals surface area contributed by atoms with Crippen molar-refractivity contribution in [1.82, 2.24) is 10.2 Å². The number of hydrogen-bond acceptors (Lipinski definition) is 3. The minimum atomic E-state index is 0.185. The second kappa shape index (κ2) is 3.89. The minimum absolute atomic E-state index is 0.185. The Kier molecular flexibility index (Phi) is 2.61. The van der Waals surface area contributed by atoms with Gasteiger partial charge in [0.1, 0.15) is 6.10 Å². The molecule has 13 heavy (non-hydrogen) atoms. The third-order valence-electron chi connectivity index (χ3n) is 2.38. The van der Waals surface area contributed by atoms with Crippen LogP contribution in [-0.2, 0) is 11.3 Å². The van der Waals surface area contributed by atoms with Crippen molar-refractivity contribution in [1.29, 1.82) is 0 Å². The highest BCUT2D eigenvalue weighted by atomic mass is 16.5. The van der Waals surface area contributed by atoms with Crippen LogP contribution >= 0.6 is 0 Å². The maximum absolute atomic E-state index is 5.60. The van der Waals surface area contributed by atoms with Gasteiger partial charge in [0.2, 0.25) is 0 Å². The molecule has 2 rings (SSSR count). The molecule has 0 spiro atoms. The zero-order valence-corrected chi connectivity index (χ0v) is 7.62. The summed E-state index contributed by atoms with van der Waals surface area (Å²) in [6.07, 6.45) is 3.67. The van der Waals surface area contributed by atoms with Gasteiger partial charge in [-0.25, -0.2) is 0 Å². The number of nitrogens with zero attached hydrogens (tertiary/aromatic N) is 1. The van der Waals surface area contributed by atoms with Crippen LogP contribution < -0.4 is 5.73 Å². The van der Waals surface area contributed by atoms with E-state index in [9.17, 15) is 0 Å². The minimum Gasteiger partial charge on any atom is -0.372 e. The van der Waals surface area contributed by atoms with Crippen LogP contribution in [-0.4, -0.2) is 16.8 Å². The zero-order chi connectivity index (χ0) is 9.10. The predicted octanol–water partition coefficient (Wildman–Crippen LogP) is 1.11. The second-order valence-corrected chi connectivity index (χ2v) is 3.38. The predicted molar refractivity (Wildman–Crippen MR) is 49.0 cm³/mol. The fourth-order valence-corrected chi connectivity index (χ4v) is 1.62. The molecule has 4 nitrogen and oxygen atoms in total. The second-order valence-electron chi connectivity index (χ2n) is 3.38. The number of aromatic nitrogens is 2. The van der Waals surface area contributed by atoms with E-state index in [2.05, 4.69) is 10.2 Å². The highest BCUT2D eigenvalue weighted by molar-refractivity contribution is 5.11. The number of H-pyrrole nitrogens is 1. The number of hydrogen-bond donors (Lipinski definition) is 2. The number of ether oxygens (including phenoxy) is 1. The molecule has 72 valence electrons. The third-order valence-corrected chi connectivity index (χ3v) is 2.38. The van der Waals surface area contributed by atoms with E-state index in [1.54, 1.807) is 0 Å². The normalized spacial score (nSPS) is 23.3. The monoisotopic (exact) mass is 181 g/mol. The fourth-order valence-electron chi connectivity index (χ4n) is 1.62. The molecule has 1 saturated heterocycles. The summed E-state index contributed by atoms with van der Waals surface area (Å²) in [7, 11) is 0. The average Bonchev–Trinajstić information content (AvgIpc) is 2.67. The fraction of sp³-hybridized carbons (Fsp3) is 0.667. The SMILES string of the molecule is NCc1cc(C2CCCCO2)n[nH]1. The van der Waals surface area contributed by atoms with Gasteiger partial charge in [-0.1, -0.05) is 0 Å². The summed E-state index contributed by atoms with van der Waals surface area (Å²) >= 11 is 0. The topological polar surface area (TPSA) is 63.9 Å². The van der Waals surface area contributed by atoms with Crippen molar-refractivity contribution < 1.29 is 4.74 Å². The van der Waals surface area contributed by atoms with E-state index in [0.29, 0.717) is 6.54 Å². The Bertz CT molecular complexity index is 266. The van der Waals surface area contributed by atoms with E-state index in [1.165, 1.54) is 12.8 Å². The van der Waals surface area contributed by atoms with Crippen molar-refractivity contribution in [3.63, 3.8) is 0 Å². The molecule has 4 heteroatoms. The first kappa shape index (κ1) is 8.72. The first-order chi connectivity index (χ1) is 6.40. The average molecular weight is 181 g/mol. The molecule has 0 saturated carbocycles. The molecule has 1 aromatic rings. The van der Waals surface area contributed by atoms with E-state index < -0.39 is 0 Å². The molecule has 0 radical (unpaired) electrons. The van der Waals surface area contributed by atoms with Crippen LogP contribution in [0.15, 0.2) is 6.07 Å². The van der Waals surface area contributed by atoms with E-state index in [-0.39, 0.29) is 6.10 Å². The van der Waals surface area contributed by atoms with Crippen molar-refractivity contribution in [2.45, 2.75) is 31.9 Å². The van der Waals surface area contributed by atoms with Crippen molar-refractivity contribution in [3.05, 3.63) is 17.5 Å². The Labute approximate surface area is 77.5 Å². The molecular weight excluding hydrogens is 166 g/mol. The van der Waals surface area contributed by atoms with E-state index in [0.717, 1.165) is 24.4 Å². The highest BCUT2D eigenvalue weighted by Gasteiger charge is 2.18.